The van der Waals surface area contributed by atoms with Crippen LogP contribution in [0.2, 0.25) is 0 Å². The van der Waals surface area contributed by atoms with E-state index in [2.05, 4.69) is 5.32 Å². The minimum atomic E-state index is -3.67. The average Bonchev–Trinajstić information content (AvgIpc) is 3.24. The molecule has 4 nitrogen and oxygen atoms in total. The molecule has 1 aliphatic rings. The van der Waals surface area contributed by atoms with E-state index in [4.69, 9.17) is 0 Å². The largest absolute Gasteiger partial charge is 0.324 e. The lowest BCUT2D eigenvalue weighted by molar-refractivity contribution is -0.116. The molecule has 0 aliphatic carbocycles. The van der Waals surface area contributed by atoms with Gasteiger partial charge in [0, 0.05) is 22.6 Å². The third kappa shape index (κ3) is 2.82. The number of hydrogen-bond acceptors (Lipinski definition) is 5. The average molecular weight is 390 g/mol. The zero-order chi connectivity index (χ0) is 17.6. The van der Waals surface area contributed by atoms with Crippen molar-refractivity contribution in [3.63, 3.8) is 0 Å². The molecule has 1 atom stereocenters. The summed E-state index contributed by atoms with van der Waals surface area (Å²) in [6, 6.07) is 8.76. The maximum Gasteiger partial charge on any atom is 0.225 e. The Morgan fingerprint density at radius 2 is 1.88 bits per heavy atom. The second-order valence-corrected chi connectivity index (χ2v) is 9.63. The van der Waals surface area contributed by atoms with Gasteiger partial charge in [-0.2, -0.15) is 11.3 Å². The highest BCUT2D eigenvalue weighted by atomic mass is 32.2. The van der Waals surface area contributed by atoms with E-state index in [0.717, 1.165) is 16.0 Å². The molecule has 1 N–H and O–H groups in total. The van der Waals surface area contributed by atoms with Gasteiger partial charge in [-0.15, -0.1) is 11.3 Å². The molecule has 0 saturated carbocycles. The second kappa shape index (κ2) is 6.09. The van der Waals surface area contributed by atoms with E-state index >= 15 is 0 Å². The van der Waals surface area contributed by atoms with Crippen molar-refractivity contribution in [3.05, 3.63) is 62.5 Å². The first-order chi connectivity index (χ1) is 12.0. The van der Waals surface area contributed by atoms with E-state index in [1.54, 1.807) is 41.0 Å². The van der Waals surface area contributed by atoms with Gasteiger partial charge in [0.25, 0.3) is 0 Å². The van der Waals surface area contributed by atoms with Crippen molar-refractivity contribution < 1.29 is 13.2 Å². The summed E-state index contributed by atoms with van der Waals surface area (Å²) in [5, 5.41) is 8.41. The van der Waals surface area contributed by atoms with Gasteiger partial charge in [0.2, 0.25) is 15.7 Å². The van der Waals surface area contributed by atoms with Gasteiger partial charge in [-0.05, 0) is 41.4 Å². The number of amides is 1. The minimum absolute atomic E-state index is 0.0815. The molecule has 128 valence electrons. The molecule has 0 fully saturated rings. The number of thiophene rings is 2. The van der Waals surface area contributed by atoms with Crippen molar-refractivity contribution in [1.29, 1.82) is 0 Å². The molecular formula is C18H15NO3S3. The van der Waals surface area contributed by atoms with Crippen molar-refractivity contribution in [2.24, 2.45) is 0 Å². The van der Waals surface area contributed by atoms with Gasteiger partial charge < -0.3 is 5.32 Å². The van der Waals surface area contributed by atoms with Gasteiger partial charge in [0.05, 0.1) is 10.6 Å². The second-order valence-electron chi connectivity index (χ2n) is 6.02. The Bertz CT molecular complexity index is 1030. The number of hydrogen-bond donors (Lipinski definition) is 1. The summed E-state index contributed by atoms with van der Waals surface area (Å²) in [6.45, 7) is 1.91. The summed E-state index contributed by atoms with van der Waals surface area (Å²) in [6.07, 6.45) is 0.342. The van der Waals surface area contributed by atoms with Crippen LogP contribution in [0.4, 0.5) is 5.69 Å². The van der Waals surface area contributed by atoms with Gasteiger partial charge in [0.1, 0.15) is 4.90 Å². The molecular weight excluding hydrogens is 374 g/mol. The molecule has 4 rings (SSSR count). The fourth-order valence-corrected chi connectivity index (χ4v) is 6.61. The molecule has 1 aliphatic heterocycles. The zero-order valence-corrected chi connectivity index (χ0v) is 15.8. The molecule has 0 bridgehead atoms. The first-order valence-corrected chi connectivity index (χ1v) is 11.0. The molecule has 7 heteroatoms. The summed E-state index contributed by atoms with van der Waals surface area (Å²) in [7, 11) is -3.67. The van der Waals surface area contributed by atoms with Crippen LogP contribution in [-0.4, -0.2) is 14.3 Å². The Morgan fingerprint density at radius 1 is 1.12 bits per heavy atom. The van der Waals surface area contributed by atoms with Crippen LogP contribution in [-0.2, 0) is 14.6 Å². The predicted molar refractivity (Wildman–Crippen MR) is 100 cm³/mol. The van der Waals surface area contributed by atoms with E-state index in [1.165, 1.54) is 11.3 Å². The van der Waals surface area contributed by atoms with Crippen LogP contribution < -0.4 is 5.32 Å². The number of benzene rings is 1. The van der Waals surface area contributed by atoms with Crippen LogP contribution in [0, 0.1) is 6.92 Å². The lowest BCUT2D eigenvalue weighted by Crippen LogP contribution is -2.23. The van der Waals surface area contributed by atoms with Crippen molar-refractivity contribution in [2.75, 3.05) is 5.32 Å². The Labute approximate surface area is 154 Å². The summed E-state index contributed by atoms with van der Waals surface area (Å²) in [5.74, 6) is -0.232. The lowest BCUT2D eigenvalue weighted by atomic mass is 9.93. The molecule has 3 heterocycles. The van der Waals surface area contributed by atoms with Gasteiger partial charge in [0.15, 0.2) is 0 Å². The van der Waals surface area contributed by atoms with Crippen LogP contribution in [0.3, 0.4) is 0 Å². The van der Waals surface area contributed by atoms with E-state index in [-0.39, 0.29) is 21.6 Å². The van der Waals surface area contributed by atoms with E-state index in [9.17, 15) is 13.2 Å². The topological polar surface area (TPSA) is 63.2 Å². The Morgan fingerprint density at radius 3 is 2.56 bits per heavy atom. The fraction of sp³-hybridized carbons (Fsp3) is 0.167. The first kappa shape index (κ1) is 16.5. The number of anilines is 1. The zero-order valence-electron chi connectivity index (χ0n) is 13.4. The molecule has 1 unspecified atom stereocenters. The molecule has 1 aromatic carbocycles. The standard InChI is InChI=1S/C18H15NO3S3/c1-11-2-4-13(5-3-11)25(21,22)15-10-24-18-14(12-6-7-23-9-12)8-16(20)19-17(15)18/h2-7,9-10,14H,8H2,1H3,(H,19,20). The number of fused-ring (bicyclic) bond motifs is 1. The molecule has 0 spiro atoms. The number of carbonyl (C=O) groups excluding carboxylic acids is 1. The molecule has 0 saturated heterocycles. The maximum atomic E-state index is 13.0. The van der Waals surface area contributed by atoms with E-state index in [0.29, 0.717) is 12.1 Å². The van der Waals surface area contributed by atoms with Gasteiger partial charge >= 0.3 is 0 Å². The SMILES string of the molecule is Cc1ccc(S(=O)(=O)c2csc3c2NC(=O)CC3c2ccsc2)cc1. The van der Waals surface area contributed by atoms with Crippen LogP contribution in [0.15, 0.2) is 56.3 Å². The van der Waals surface area contributed by atoms with Gasteiger partial charge in [-0.1, -0.05) is 17.7 Å². The Hall–Kier alpha value is -1.96. The van der Waals surface area contributed by atoms with Crippen molar-refractivity contribution in [3.8, 4) is 0 Å². The predicted octanol–water partition coefficient (Wildman–Crippen LogP) is 4.42. The monoisotopic (exact) mass is 389 g/mol. The van der Waals surface area contributed by atoms with Gasteiger partial charge in [-0.3, -0.25) is 4.79 Å². The summed E-state index contributed by atoms with van der Waals surface area (Å²) in [5.41, 5.74) is 2.50. The van der Waals surface area contributed by atoms with Crippen molar-refractivity contribution in [2.45, 2.75) is 29.1 Å². The van der Waals surface area contributed by atoms with Crippen LogP contribution >= 0.6 is 22.7 Å². The molecule has 25 heavy (non-hydrogen) atoms. The first-order valence-electron chi connectivity index (χ1n) is 7.72. The fourth-order valence-electron chi connectivity index (χ4n) is 2.99. The van der Waals surface area contributed by atoms with Crippen molar-refractivity contribution in [1.82, 2.24) is 0 Å². The highest BCUT2D eigenvalue weighted by Crippen LogP contribution is 2.46. The number of sulfone groups is 1. The summed E-state index contributed by atoms with van der Waals surface area (Å²) >= 11 is 2.97. The number of aryl methyl sites for hydroxylation is 1. The molecule has 2 aromatic heterocycles. The van der Waals surface area contributed by atoms with E-state index in [1.807, 2.05) is 23.8 Å². The van der Waals surface area contributed by atoms with Crippen LogP contribution in [0.25, 0.3) is 0 Å². The Balaban J connectivity index is 1.83. The number of carbonyl (C=O) groups is 1. The van der Waals surface area contributed by atoms with E-state index < -0.39 is 9.84 Å². The number of rotatable bonds is 3. The maximum absolute atomic E-state index is 13.0. The van der Waals surface area contributed by atoms with Crippen LogP contribution in [0.5, 0.6) is 0 Å². The highest BCUT2D eigenvalue weighted by Gasteiger charge is 2.34. The quantitative estimate of drug-likeness (QED) is 0.721. The smallest absolute Gasteiger partial charge is 0.225 e. The third-order valence-corrected chi connectivity index (χ3v) is 8.06. The minimum Gasteiger partial charge on any atom is -0.324 e. The third-order valence-electron chi connectivity index (χ3n) is 4.32. The lowest BCUT2D eigenvalue weighted by Gasteiger charge is -2.22. The Kier molecular flexibility index (Phi) is 4.02. The van der Waals surface area contributed by atoms with Crippen molar-refractivity contribution >= 4 is 44.1 Å². The molecule has 0 radical (unpaired) electrons. The van der Waals surface area contributed by atoms with Crippen LogP contribution in [0.1, 0.15) is 28.3 Å². The summed E-state index contributed by atoms with van der Waals surface area (Å²) in [4.78, 5) is 13.5. The highest BCUT2D eigenvalue weighted by molar-refractivity contribution is 7.91. The molecule has 1 amide bonds. The summed E-state index contributed by atoms with van der Waals surface area (Å²) < 4.78 is 26.1. The van der Waals surface area contributed by atoms with Gasteiger partial charge in [-0.25, -0.2) is 8.42 Å². The number of nitrogens with one attached hydrogen (secondary N) is 1. The normalized spacial score (nSPS) is 17.2. The molecule has 3 aromatic rings.